The van der Waals surface area contributed by atoms with Gasteiger partial charge in [0.2, 0.25) is 0 Å². The fourth-order valence-electron chi connectivity index (χ4n) is 1.97. The van der Waals surface area contributed by atoms with Gasteiger partial charge in [-0.05, 0) is 29.7 Å². The molecule has 4 heteroatoms. The third kappa shape index (κ3) is 1.73. The SMILES string of the molecule is COC(=O)C1Cc2cc(Cl)ccc2C1O. The largest absolute Gasteiger partial charge is 0.469 e. The van der Waals surface area contributed by atoms with Crippen molar-refractivity contribution in [1.29, 1.82) is 0 Å². The predicted molar refractivity (Wildman–Crippen MR) is 55.6 cm³/mol. The molecule has 0 radical (unpaired) electrons. The van der Waals surface area contributed by atoms with Crippen LogP contribution in [0.1, 0.15) is 17.2 Å². The molecule has 0 heterocycles. The van der Waals surface area contributed by atoms with Gasteiger partial charge < -0.3 is 9.84 Å². The van der Waals surface area contributed by atoms with E-state index in [1.807, 2.05) is 0 Å². The molecular weight excluding hydrogens is 216 g/mol. The van der Waals surface area contributed by atoms with Gasteiger partial charge >= 0.3 is 5.97 Å². The number of carbonyl (C=O) groups excluding carboxylic acids is 1. The van der Waals surface area contributed by atoms with Crippen LogP contribution in [0.5, 0.6) is 0 Å². The summed E-state index contributed by atoms with van der Waals surface area (Å²) in [6.45, 7) is 0. The first kappa shape index (κ1) is 10.5. The molecule has 1 aromatic carbocycles. The average molecular weight is 227 g/mol. The van der Waals surface area contributed by atoms with Gasteiger partial charge in [0.1, 0.15) is 0 Å². The van der Waals surface area contributed by atoms with Crippen molar-refractivity contribution >= 4 is 17.6 Å². The Morgan fingerprint density at radius 2 is 2.33 bits per heavy atom. The van der Waals surface area contributed by atoms with Crippen LogP contribution in [0.15, 0.2) is 18.2 Å². The fraction of sp³-hybridized carbons (Fsp3) is 0.364. The van der Waals surface area contributed by atoms with Crippen LogP contribution in [0.25, 0.3) is 0 Å². The highest BCUT2D eigenvalue weighted by molar-refractivity contribution is 6.30. The summed E-state index contributed by atoms with van der Waals surface area (Å²) in [6.07, 6.45) is -0.284. The second-order valence-electron chi connectivity index (χ2n) is 3.62. The summed E-state index contributed by atoms with van der Waals surface area (Å²) in [4.78, 5) is 11.4. The van der Waals surface area contributed by atoms with E-state index in [4.69, 9.17) is 11.6 Å². The van der Waals surface area contributed by atoms with Crippen LogP contribution in [-0.2, 0) is 16.0 Å². The number of halogens is 1. The molecule has 0 saturated heterocycles. The maximum absolute atomic E-state index is 11.4. The zero-order chi connectivity index (χ0) is 11.0. The number of esters is 1. The van der Waals surface area contributed by atoms with Gasteiger partial charge in [0.25, 0.3) is 0 Å². The summed E-state index contributed by atoms with van der Waals surface area (Å²) in [5, 5.41) is 10.5. The van der Waals surface area contributed by atoms with Crippen LogP contribution in [-0.4, -0.2) is 18.2 Å². The van der Waals surface area contributed by atoms with Gasteiger partial charge in [-0.3, -0.25) is 4.79 Å². The van der Waals surface area contributed by atoms with Crippen molar-refractivity contribution in [2.24, 2.45) is 5.92 Å². The lowest BCUT2D eigenvalue weighted by atomic mass is 10.0. The van der Waals surface area contributed by atoms with Crippen molar-refractivity contribution in [3.05, 3.63) is 34.3 Å². The minimum absolute atomic E-state index is 0.380. The lowest BCUT2D eigenvalue weighted by molar-refractivity contribution is -0.148. The van der Waals surface area contributed by atoms with E-state index >= 15 is 0 Å². The normalized spacial score (nSPS) is 23.7. The number of aliphatic hydroxyl groups is 1. The highest BCUT2D eigenvalue weighted by Crippen LogP contribution is 2.37. The number of methoxy groups -OCH3 is 1. The van der Waals surface area contributed by atoms with Crippen molar-refractivity contribution in [3.63, 3.8) is 0 Å². The Kier molecular flexibility index (Phi) is 2.67. The number of fused-ring (bicyclic) bond motifs is 1. The molecule has 2 unspecified atom stereocenters. The summed E-state index contributed by atoms with van der Waals surface area (Å²) >= 11 is 5.83. The standard InChI is InChI=1S/C11H11ClO3/c1-15-11(14)9-5-6-4-7(12)2-3-8(6)10(9)13/h2-4,9-10,13H,5H2,1H3. The van der Waals surface area contributed by atoms with Gasteiger partial charge in [-0.25, -0.2) is 0 Å². The van der Waals surface area contributed by atoms with Gasteiger partial charge in [0, 0.05) is 5.02 Å². The van der Waals surface area contributed by atoms with E-state index < -0.39 is 12.0 Å². The van der Waals surface area contributed by atoms with Crippen LogP contribution < -0.4 is 0 Å². The second kappa shape index (κ2) is 3.83. The Hall–Kier alpha value is -1.06. The number of ether oxygens (including phenoxy) is 1. The average Bonchev–Trinajstić information content (AvgIpc) is 2.54. The van der Waals surface area contributed by atoms with Gasteiger partial charge in [-0.15, -0.1) is 0 Å². The van der Waals surface area contributed by atoms with Crippen molar-refractivity contribution < 1.29 is 14.6 Å². The van der Waals surface area contributed by atoms with E-state index in [0.29, 0.717) is 11.4 Å². The molecule has 0 aromatic heterocycles. The molecule has 0 fully saturated rings. The number of hydrogen-bond acceptors (Lipinski definition) is 3. The zero-order valence-corrected chi connectivity index (χ0v) is 8.99. The van der Waals surface area contributed by atoms with Crippen molar-refractivity contribution in [1.82, 2.24) is 0 Å². The highest BCUT2D eigenvalue weighted by Gasteiger charge is 2.36. The number of aliphatic hydroxyl groups excluding tert-OH is 1. The molecule has 0 spiro atoms. The van der Waals surface area contributed by atoms with Crippen LogP contribution in [0.2, 0.25) is 5.02 Å². The monoisotopic (exact) mass is 226 g/mol. The first-order valence-corrected chi connectivity index (χ1v) is 5.05. The van der Waals surface area contributed by atoms with Crippen molar-refractivity contribution in [3.8, 4) is 0 Å². The van der Waals surface area contributed by atoms with E-state index in [9.17, 15) is 9.90 Å². The molecule has 1 aliphatic carbocycles. The van der Waals surface area contributed by atoms with E-state index in [1.165, 1.54) is 7.11 Å². The minimum Gasteiger partial charge on any atom is -0.469 e. The molecule has 80 valence electrons. The molecule has 0 bridgehead atoms. The minimum atomic E-state index is -0.773. The second-order valence-corrected chi connectivity index (χ2v) is 4.06. The third-order valence-electron chi connectivity index (χ3n) is 2.75. The zero-order valence-electron chi connectivity index (χ0n) is 8.24. The van der Waals surface area contributed by atoms with Crippen molar-refractivity contribution in [2.45, 2.75) is 12.5 Å². The smallest absolute Gasteiger partial charge is 0.311 e. The van der Waals surface area contributed by atoms with E-state index in [2.05, 4.69) is 4.74 Å². The van der Waals surface area contributed by atoms with E-state index in [0.717, 1.165) is 11.1 Å². The first-order chi connectivity index (χ1) is 7.13. The highest BCUT2D eigenvalue weighted by atomic mass is 35.5. The van der Waals surface area contributed by atoms with Crippen LogP contribution >= 0.6 is 11.6 Å². The number of benzene rings is 1. The van der Waals surface area contributed by atoms with Gasteiger partial charge in [-0.2, -0.15) is 0 Å². The topological polar surface area (TPSA) is 46.5 Å². The summed E-state index contributed by atoms with van der Waals surface area (Å²) in [5.74, 6) is -0.877. The third-order valence-corrected chi connectivity index (χ3v) is 2.98. The number of rotatable bonds is 1. The van der Waals surface area contributed by atoms with E-state index in [-0.39, 0.29) is 5.97 Å². The molecule has 0 amide bonds. The van der Waals surface area contributed by atoms with Crippen LogP contribution in [0.4, 0.5) is 0 Å². The molecule has 1 aromatic rings. The first-order valence-electron chi connectivity index (χ1n) is 4.67. The summed E-state index contributed by atoms with van der Waals surface area (Å²) in [6, 6.07) is 5.25. The maximum Gasteiger partial charge on any atom is 0.311 e. The number of carbonyl (C=O) groups is 1. The predicted octanol–water partition coefficient (Wildman–Crippen LogP) is 1.72. The molecule has 1 N–H and O–H groups in total. The lowest BCUT2D eigenvalue weighted by Gasteiger charge is -2.11. The van der Waals surface area contributed by atoms with Crippen LogP contribution in [0.3, 0.4) is 0 Å². The Balaban J connectivity index is 2.32. The van der Waals surface area contributed by atoms with Gasteiger partial charge in [0.15, 0.2) is 0 Å². The Morgan fingerprint density at radius 1 is 1.60 bits per heavy atom. The van der Waals surface area contributed by atoms with Gasteiger partial charge in [-0.1, -0.05) is 17.7 Å². The fourth-order valence-corrected chi connectivity index (χ4v) is 2.16. The Morgan fingerprint density at radius 3 is 3.00 bits per heavy atom. The summed E-state index contributed by atoms with van der Waals surface area (Å²) < 4.78 is 4.63. The Bertz CT molecular complexity index is 403. The Labute approximate surface area is 92.6 Å². The summed E-state index contributed by atoms with van der Waals surface area (Å²) in [5.41, 5.74) is 1.69. The molecule has 0 saturated carbocycles. The summed E-state index contributed by atoms with van der Waals surface area (Å²) in [7, 11) is 1.32. The molecule has 3 nitrogen and oxygen atoms in total. The molecule has 2 rings (SSSR count). The lowest BCUT2D eigenvalue weighted by Crippen LogP contribution is -2.20. The quantitative estimate of drug-likeness (QED) is 0.742. The molecule has 1 aliphatic rings. The van der Waals surface area contributed by atoms with Crippen LogP contribution in [0, 0.1) is 5.92 Å². The van der Waals surface area contributed by atoms with Crippen molar-refractivity contribution in [2.75, 3.05) is 7.11 Å². The number of hydrogen-bond donors (Lipinski definition) is 1. The molecule has 15 heavy (non-hydrogen) atoms. The maximum atomic E-state index is 11.4. The molecule has 2 atom stereocenters. The molecule has 0 aliphatic heterocycles. The van der Waals surface area contributed by atoms with Gasteiger partial charge in [0.05, 0.1) is 19.1 Å². The molecular formula is C11H11ClO3. The van der Waals surface area contributed by atoms with E-state index in [1.54, 1.807) is 18.2 Å².